The molecule has 2 aromatic carbocycles. The Balaban J connectivity index is 1.18. The largest absolute Gasteiger partial charge is 0.497 e. The fraction of sp³-hybridized carbons (Fsp3) is 0.483. The fourth-order valence-corrected chi connectivity index (χ4v) is 7.06. The third-order valence-corrected chi connectivity index (χ3v) is 8.06. The highest BCUT2D eigenvalue weighted by Gasteiger charge is 2.51. The van der Waals surface area contributed by atoms with Crippen LogP contribution in [0.3, 0.4) is 0 Å². The molecule has 4 bridgehead atoms. The van der Waals surface area contributed by atoms with E-state index in [0.717, 1.165) is 37.0 Å². The van der Waals surface area contributed by atoms with Gasteiger partial charge >= 0.3 is 5.97 Å². The molecule has 0 radical (unpaired) electrons. The number of amides is 2. The quantitative estimate of drug-likeness (QED) is 0.500. The zero-order chi connectivity index (χ0) is 25.1. The molecule has 2 aromatic rings. The number of carbonyl (C=O) groups excluding carboxylic acids is 3. The number of esters is 1. The summed E-state index contributed by atoms with van der Waals surface area (Å²) < 4.78 is 10.8. The number of hydrogen-bond acceptors (Lipinski definition) is 5. The summed E-state index contributed by atoms with van der Waals surface area (Å²) in [4.78, 5) is 38.6. The molecule has 4 aliphatic rings. The number of nitrogens with one attached hydrogen (secondary N) is 2. The lowest BCUT2D eigenvalue weighted by molar-refractivity contribution is -0.154. The average molecular weight is 491 g/mol. The molecule has 0 spiro atoms. The first-order valence-electron chi connectivity index (χ1n) is 12.9. The van der Waals surface area contributed by atoms with E-state index >= 15 is 0 Å². The molecule has 4 fully saturated rings. The minimum atomic E-state index is -1.15. The lowest BCUT2D eigenvalue weighted by Gasteiger charge is -2.56. The highest BCUT2D eigenvalue weighted by Crippen LogP contribution is 2.61. The van der Waals surface area contributed by atoms with E-state index in [4.69, 9.17) is 9.47 Å². The Bertz CT molecular complexity index is 1080. The number of hydrogen-bond donors (Lipinski definition) is 2. The van der Waals surface area contributed by atoms with Crippen LogP contribution in [0.25, 0.3) is 0 Å². The summed E-state index contributed by atoms with van der Waals surface area (Å²) in [5.41, 5.74) is 1.18. The Morgan fingerprint density at radius 1 is 0.944 bits per heavy atom. The third kappa shape index (κ3) is 5.55. The second-order valence-corrected chi connectivity index (χ2v) is 10.9. The molecule has 7 nitrogen and oxygen atoms in total. The molecule has 4 saturated carbocycles. The van der Waals surface area contributed by atoms with E-state index in [1.165, 1.54) is 19.3 Å². The van der Waals surface area contributed by atoms with Crippen molar-refractivity contribution < 1.29 is 23.9 Å². The fourth-order valence-electron chi connectivity index (χ4n) is 7.06. The highest BCUT2D eigenvalue weighted by atomic mass is 16.5. The van der Waals surface area contributed by atoms with Crippen molar-refractivity contribution in [1.29, 1.82) is 0 Å². The van der Waals surface area contributed by atoms with Crippen LogP contribution in [0.1, 0.15) is 56.6 Å². The molecule has 36 heavy (non-hydrogen) atoms. The van der Waals surface area contributed by atoms with Crippen LogP contribution < -0.4 is 15.4 Å². The second kappa shape index (κ2) is 10.3. The van der Waals surface area contributed by atoms with E-state index in [1.54, 1.807) is 55.6 Å². The van der Waals surface area contributed by atoms with Crippen LogP contribution in [-0.2, 0) is 19.1 Å². The topological polar surface area (TPSA) is 93.7 Å². The summed E-state index contributed by atoms with van der Waals surface area (Å²) >= 11 is 0. The smallest absolute Gasteiger partial charge is 0.326 e. The summed E-state index contributed by atoms with van der Waals surface area (Å²) in [7, 11) is 1.55. The Morgan fingerprint density at radius 3 is 2.25 bits per heavy atom. The molecular weight excluding hydrogens is 456 g/mol. The molecule has 0 aliphatic heterocycles. The Hall–Kier alpha value is -3.35. The maximum absolute atomic E-state index is 13.1. The van der Waals surface area contributed by atoms with Gasteiger partial charge in [-0.25, -0.2) is 0 Å². The van der Waals surface area contributed by atoms with Gasteiger partial charge in [0.1, 0.15) is 12.3 Å². The number of carbonyl (C=O) groups is 3. The van der Waals surface area contributed by atoms with Crippen molar-refractivity contribution in [2.75, 3.05) is 19.0 Å². The maximum Gasteiger partial charge on any atom is 0.326 e. The maximum atomic E-state index is 13.1. The molecule has 4 aliphatic carbocycles. The number of ether oxygens (including phenoxy) is 2. The molecule has 0 saturated heterocycles. The van der Waals surface area contributed by atoms with Crippen molar-refractivity contribution in [1.82, 2.24) is 5.32 Å². The zero-order valence-corrected chi connectivity index (χ0v) is 20.7. The summed E-state index contributed by atoms with van der Waals surface area (Å²) in [6, 6.07) is 15.8. The van der Waals surface area contributed by atoms with Crippen LogP contribution in [0, 0.1) is 23.2 Å². The first-order valence-corrected chi connectivity index (χ1v) is 12.9. The molecule has 2 N–H and O–H groups in total. The van der Waals surface area contributed by atoms with Crippen LogP contribution >= 0.6 is 0 Å². The number of methoxy groups -OCH3 is 1. The zero-order valence-electron chi connectivity index (χ0n) is 20.7. The Kier molecular flexibility index (Phi) is 6.99. The van der Waals surface area contributed by atoms with Gasteiger partial charge in [0.2, 0.25) is 12.0 Å². The van der Waals surface area contributed by atoms with E-state index in [-0.39, 0.29) is 17.9 Å². The normalized spacial score (nSPS) is 26.6. The predicted octanol–water partition coefficient (Wildman–Crippen LogP) is 4.64. The lowest BCUT2D eigenvalue weighted by Crippen LogP contribution is -2.48. The van der Waals surface area contributed by atoms with Crippen molar-refractivity contribution in [3.63, 3.8) is 0 Å². The molecule has 190 valence electrons. The molecule has 0 heterocycles. The summed E-state index contributed by atoms with van der Waals surface area (Å²) in [6.45, 7) is -0.263. The minimum Gasteiger partial charge on any atom is -0.497 e. The van der Waals surface area contributed by atoms with Crippen molar-refractivity contribution in [2.24, 2.45) is 23.2 Å². The molecule has 6 rings (SSSR count). The first kappa shape index (κ1) is 24.3. The van der Waals surface area contributed by atoms with E-state index in [2.05, 4.69) is 10.6 Å². The van der Waals surface area contributed by atoms with Gasteiger partial charge in [0.15, 0.2) is 0 Å². The predicted molar refractivity (Wildman–Crippen MR) is 135 cm³/mol. The number of benzene rings is 2. The van der Waals surface area contributed by atoms with E-state index in [1.807, 2.05) is 6.07 Å². The second-order valence-electron chi connectivity index (χ2n) is 10.9. The summed E-state index contributed by atoms with van der Waals surface area (Å²) in [5.74, 6) is 1.66. The van der Waals surface area contributed by atoms with E-state index in [0.29, 0.717) is 23.4 Å². The SMILES string of the molecule is COc1cccc(NC(=O)C(OC(=O)CNC(=O)CC23CC4CC(CC(C4)C2)C3)c2ccccc2)c1. The molecule has 2 amide bonds. The van der Waals surface area contributed by atoms with Gasteiger partial charge in [0.05, 0.1) is 7.11 Å². The van der Waals surface area contributed by atoms with Gasteiger partial charge in [-0.1, -0.05) is 36.4 Å². The van der Waals surface area contributed by atoms with Gasteiger partial charge in [-0.3, -0.25) is 14.4 Å². The van der Waals surface area contributed by atoms with Gasteiger partial charge in [-0.2, -0.15) is 0 Å². The number of anilines is 1. The van der Waals surface area contributed by atoms with E-state index < -0.39 is 18.0 Å². The highest BCUT2D eigenvalue weighted by molar-refractivity contribution is 5.96. The van der Waals surface area contributed by atoms with Crippen molar-refractivity contribution >= 4 is 23.5 Å². The van der Waals surface area contributed by atoms with Gasteiger partial charge in [-0.15, -0.1) is 0 Å². The van der Waals surface area contributed by atoms with Crippen LogP contribution in [0.4, 0.5) is 5.69 Å². The van der Waals surface area contributed by atoms with Gasteiger partial charge in [-0.05, 0) is 73.8 Å². The van der Waals surface area contributed by atoms with Gasteiger partial charge in [0.25, 0.3) is 5.91 Å². The lowest BCUT2D eigenvalue weighted by atomic mass is 9.49. The van der Waals surface area contributed by atoms with E-state index in [9.17, 15) is 14.4 Å². The van der Waals surface area contributed by atoms with Crippen LogP contribution in [0.5, 0.6) is 5.75 Å². The third-order valence-electron chi connectivity index (χ3n) is 8.06. The van der Waals surface area contributed by atoms with Crippen LogP contribution in [-0.4, -0.2) is 31.4 Å². The molecule has 1 atom stereocenters. The van der Waals surface area contributed by atoms with Gasteiger partial charge in [0, 0.05) is 23.7 Å². The summed E-state index contributed by atoms with van der Waals surface area (Å²) in [5, 5.41) is 5.54. The Labute approximate surface area is 211 Å². The minimum absolute atomic E-state index is 0.103. The number of rotatable bonds is 9. The van der Waals surface area contributed by atoms with Crippen molar-refractivity contribution in [3.05, 3.63) is 60.2 Å². The molecule has 7 heteroatoms. The van der Waals surface area contributed by atoms with Crippen molar-refractivity contribution in [3.8, 4) is 5.75 Å². The van der Waals surface area contributed by atoms with Crippen LogP contribution in [0.2, 0.25) is 0 Å². The molecule has 0 aromatic heterocycles. The van der Waals surface area contributed by atoms with Crippen LogP contribution in [0.15, 0.2) is 54.6 Å². The molecular formula is C29H34N2O5. The monoisotopic (exact) mass is 490 g/mol. The Morgan fingerprint density at radius 2 is 1.61 bits per heavy atom. The van der Waals surface area contributed by atoms with Crippen molar-refractivity contribution in [2.45, 2.75) is 51.0 Å². The first-order chi connectivity index (χ1) is 17.4. The molecule has 1 unspecified atom stereocenters. The van der Waals surface area contributed by atoms with Gasteiger partial charge < -0.3 is 20.1 Å². The standard InChI is InChI=1S/C29H34N2O5/c1-35-24-9-5-8-23(13-24)31-28(34)27(22-6-3-2-4-7-22)36-26(33)18-30-25(32)17-29-14-19-10-20(15-29)12-21(11-19)16-29/h2-9,13,19-21,27H,10-12,14-18H2,1H3,(H,30,32)(H,31,34). The summed E-state index contributed by atoms with van der Waals surface area (Å²) in [6.07, 6.45) is 6.71. The average Bonchev–Trinajstić information content (AvgIpc) is 2.85.